The molecule has 0 aromatic carbocycles. The molecule has 3 N–H and O–H groups in total. The summed E-state index contributed by atoms with van der Waals surface area (Å²) in [7, 11) is 0. The molecule has 64 valence electrons. The third-order valence-corrected chi connectivity index (χ3v) is 1.59. The van der Waals surface area contributed by atoms with Crippen molar-refractivity contribution >= 4 is 5.97 Å². The van der Waals surface area contributed by atoms with E-state index in [1.54, 1.807) is 13.8 Å². The highest BCUT2D eigenvalue weighted by atomic mass is 16.4. The maximum Gasteiger partial charge on any atom is 0.331 e. The Morgan fingerprint density at radius 2 is 2.00 bits per heavy atom. The minimum atomic E-state index is -0.858. The predicted octanol–water partition coefficient (Wildman–Crippen LogP) is 1.14. The largest absolute Gasteiger partial charge is 0.478 e. The zero-order valence-corrected chi connectivity index (χ0v) is 7.22. The van der Waals surface area contributed by atoms with Gasteiger partial charge in [0.1, 0.15) is 0 Å². The van der Waals surface area contributed by atoms with Crippen molar-refractivity contribution in [1.29, 1.82) is 0 Å². The molecule has 11 heavy (non-hydrogen) atoms. The van der Waals surface area contributed by atoms with Crippen molar-refractivity contribution in [3.63, 3.8) is 0 Å². The number of carboxylic acid groups (broad SMARTS) is 1. The van der Waals surface area contributed by atoms with Gasteiger partial charge in [-0.05, 0) is 27.2 Å². The van der Waals surface area contributed by atoms with Crippen LogP contribution in [0.15, 0.2) is 11.1 Å². The Balaban J connectivity index is 4.28. The van der Waals surface area contributed by atoms with E-state index in [9.17, 15) is 4.79 Å². The van der Waals surface area contributed by atoms with Crippen molar-refractivity contribution in [3.8, 4) is 0 Å². The maximum absolute atomic E-state index is 10.4. The van der Waals surface area contributed by atoms with E-state index in [1.807, 2.05) is 6.92 Å². The molecule has 0 aliphatic carbocycles. The second-order valence-corrected chi connectivity index (χ2v) is 2.89. The SMILES string of the molecule is CC(CC(C)N)=C(C)C(=O)O. The van der Waals surface area contributed by atoms with E-state index in [4.69, 9.17) is 10.8 Å². The Morgan fingerprint density at radius 1 is 1.55 bits per heavy atom. The van der Waals surface area contributed by atoms with Crippen LogP contribution in [0.2, 0.25) is 0 Å². The fraction of sp³-hybridized carbons (Fsp3) is 0.625. The van der Waals surface area contributed by atoms with Gasteiger partial charge in [0, 0.05) is 11.6 Å². The molecule has 0 spiro atoms. The van der Waals surface area contributed by atoms with E-state index in [1.165, 1.54) is 0 Å². The molecule has 1 unspecified atom stereocenters. The predicted molar refractivity (Wildman–Crippen MR) is 44.3 cm³/mol. The molecule has 0 aliphatic rings. The van der Waals surface area contributed by atoms with Gasteiger partial charge in [0.2, 0.25) is 0 Å². The van der Waals surface area contributed by atoms with Crippen LogP contribution < -0.4 is 5.73 Å². The lowest BCUT2D eigenvalue weighted by Crippen LogP contribution is -2.16. The van der Waals surface area contributed by atoms with Crippen LogP contribution in [0.1, 0.15) is 27.2 Å². The topological polar surface area (TPSA) is 63.3 Å². The van der Waals surface area contributed by atoms with Crippen LogP contribution in [-0.2, 0) is 4.79 Å². The Hall–Kier alpha value is -0.830. The molecule has 0 bridgehead atoms. The first-order valence-corrected chi connectivity index (χ1v) is 3.60. The van der Waals surface area contributed by atoms with Gasteiger partial charge in [0.15, 0.2) is 0 Å². The summed E-state index contributed by atoms with van der Waals surface area (Å²) >= 11 is 0. The summed E-state index contributed by atoms with van der Waals surface area (Å²) < 4.78 is 0. The minimum absolute atomic E-state index is 0.0318. The van der Waals surface area contributed by atoms with E-state index < -0.39 is 5.97 Å². The molecular weight excluding hydrogens is 142 g/mol. The van der Waals surface area contributed by atoms with Gasteiger partial charge in [-0.25, -0.2) is 4.79 Å². The van der Waals surface area contributed by atoms with Crippen molar-refractivity contribution in [2.45, 2.75) is 33.2 Å². The summed E-state index contributed by atoms with van der Waals surface area (Å²) in [6.07, 6.45) is 0.651. The molecule has 3 nitrogen and oxygen atoms in total. The van der Waals surface area contributed by atoms with Crippen LogP contribution >= 0.6 is 0 Å². The first-order valence-electron chi connectivity index (χ1n) is 3.60. The molecule has 0 radical (unpaired) electrons. The molecule has 0 amide bonds. The molecule has 0 saturated carbocycles. The highest BCUT2D eigenvalue weighted by Crippen LogP contribution is 2.09. The molecule has 1 atom stereocenters. The molecule has 0 rings (SSSR count). The van der Waals surface area contributed by atoms with E-state index in [2.05, 4.69) is 0 Å². The van der Waals surface area contributed by atoms with E-state index in [-0.39, 0.29) is 6.04 Å². The van der Waals surface area contributed by atoms with Crippen molar-refractivity contribution in [2.75, 3.05) is 0 Å². The van der Waals surface area contributed by atoms with Gasteiger partial charge in [-0.2, -0.15) is 0 Å². The van der Waals surface area contributed by atoms with Crippen LogP contribution in [0.25, 0.3) is 0 Å². The zero-order chi connectivity index (χ0) is 9.02. The summed E-state index contributed by atoms with van der Waals surface area (Å²) in [4.78, 5) is 10.4. The van der Waals surface area contributed by atoms with Gasteiger partial charge >= 0.3 is 5.97 Å². The molecule has 0 aliphatic heterocycles. The van der Waals surface area contributed by atoms with Gasteiger partial charge < -0.3 is 10.8 Å². The van der Waals surface area contributed by atoms with Crippen molar-refractivity contribution in [1.82, 2.24) is 0 Å². The lowest BCUT2D eigenvalue weighted by atomic mass is 10.0. The zero-order valence-electron chi connectivity index (χ0n) is 7.22. The lowest BCUT2D eigenvalue weighted by molar-refractivity contribution is -0.132. The van der Waals surface area contributed by atoms with Gasteiger partial charge in [0.05, 0.1) is 0 Å². The second-order valence-electron chi connectivity index (χ2n) is 2.89. The van der Waals surface area contributed by atoms with Crippen LogP contribution in [0, 0.1) is 0 Å². The average Bonchev–Trinajstić information content (AvgIpc) is 1.84. The maximum atomic E-state index is 10.4. The normalized spacial score (nSPS) is 15.6. The Morgan fingerprint density at radius 3 is 2.27 bits per heavy atom. The number of carbonyl (C=O) groups is 1. The number of nitrogens with two attached hydrogens (primary N) is 1. The third kappa shape index (κ3) is 3.78. The highest BCUT2D eigenvalue weighted by molar-refractivity contribution is 5.86. The van der Waals surface area contributed by atoms with Gasteiger partial charge in [-0.3, -0.25) is 0 Å². The smallest absolute Gasteiger partial charge is 0.331 e. The highest BCUT2D eigenvalue weighted by Gasteiger charge is 2.05. The number of aliphatic carboxylic acids is 1. The van der Waals surface area contributed by atoms with Gasteiger partial charge in [-0.15, -0.1) is 0 Å². The Kier molecular flexibility index (Phi) is 3.82. The number of hydrogen-bond donors (Lipinski definition) is 2. The van der Waals surface area contributed by atoms with Gasteiger partial charge in [-0.1, -0.05) is 5.57 Å². The number of carboxylic acids is 1. The van der Waals surface area contributed by atoms with E-state index in [0.29, 0.717) is 12.0 Å². The lowest BCUT2D eigenvalue weighted by Gasteiger charge is -2.06. The van der Waals surface area contributed by atoms with Gasteiger partial charge in [0.25, 0.3) is 0 Å². The molecule has 0 saturated heterocycles. The fourth-order valence-electron chi connectivity index (χ4n) is 0.819. The first kappa shape index (κ1) is 10.2. The minimum Gasteiger partial charge on any atom is -0.478 e. The van der Waals surface area contributed by atoms with Crippen LogP contribution in [0.5, 0.6) is 0 Å². The molecule has 3 heteroatoms. The Labute approximate surface area is 66.9 Å². The number of rotatable bonds is 3. The standard InChI is InChI=1S/C8H15NO2/c1-5(4-6(2)9)7(3)8(10)11/h6H,4,9H2,1-3H3,(H,10,11). The summed E-state index contributed by atoms with van der Waals surface area (Å²) in [6, 6.07) is 0.0318. The van der Waals surface area contributed by atoms with Crippen LogP contribution in [-0.4, -0.2) is 17.1 Å². The van der Waals surface area contributed by atoms with Crippen molar-refractivity contribution < 1.29 is 9.90 Å². The quantitative estimate of drug-likeness (QED) is 0.604. The fourth-order valence-corrected chi connectivity index (χ4v) is 0.819. The van der Waals surface area contributed by atoms with Crippen LogP contribution in [0.4, 0.5) is 0 Å². The van der Waals surface area contributed by atoms with Crippen LogP contribution in [0.3, 0.4) is 0 Å². The summed E-state index contributed by atoms with van der Waals surface area (Å²) in [6.45, 7) is 5.26. The molecule has 0 aromatic heterocycles. The Bertz CT molecular complexity index is 183. The monoisotopic (exact) mass is 157 g/mol. The molecule has 0 aromatic rings. The molecular formula is C8H15NO2. The van der Waals surface area contributed by atoms with Crippen molar-refractivity contribution in [3.05, 3.63) is 11.1 Å². The second kappa shape index (κ2) is 4.13. The molecule has 0 heterocycles. The molecule has 0 fully saturated rings. The first-order chi connectivity index (χ1) is 4.95. The van der Waals surface area contributed by atoms with E-state index >= 15 is 0 Å². The summed E-state index contributed by atoms with van der Waals surface area (Å²) in [5.74, 6) is -0.858. The number of hydrogen-bond acceptors (Lipinski definition) is 2. The summed E-state index contributed by atoms with van der Waals surface area (Å²) in [5.41, 5.74) is 6.76. The van der Waals surface area contributed by atoms with E-state index in [0.717, 1.165) is 5.57 Å². The summed E-state index contributed by atoms with van der Waals surface area (Å²) in [5, 5.41) is 8.57. The van der Waals surface area contributed by atoms with Crippen molar-refractivity contribution in [2.24, 2.45) is 5.73 Å². The average molecular weight is 157 g/mol. The third-order valence-electron chi connectivity index (χ3n) is 1.59.